The molecular weight excluding hydrogens is 397 g/mol. The molecule has 0 radical (unpaired) electrons. The highest BCUT2D eigenvalue weighted by Crippen LogP contribution is 2.49. The van der Waals surface area contributed by atoms with Gasteiger partial charge in [0.2, 0.25) is 5.91 Å². The van der Waals surface area contributed by atoms with E-state index in [0.717, 1.165) is 26.7 Å². The van der Waals surface area contributed by atoms with Crippen molar-refractivity contribution >= 4 is 40.7 Å². The minimum atomic E-state index is -1.09. The predicted octanol–water partition coefficient (Wildman–Crippen LogP) is 5.45. The van der Waals surface area contributed by atoms with Crippen LogP contribution >= 0.6 is 23.1 Å². The topological polar surface area (TPSA) is 66.4 Å². The first-order chi connectivity index (χ1) is 13.5. The number of benzene rings is 2. The maximum absolute atomic E-state index is 13.8. The maximum atomic E-state index is 13.8. The monoisotopic (exact) mass is 413 g/mol. The number of carboxylic acids is 1. The van der Waals surface area contributed by atoms with Crippen LogP contribution < -0.4 is 5.32 Å². The summed E-state index contributed by atoms with van der Waals surface area (Å²) in [5, 5.41) is 12.6. The summed E-state index contributed by atoms with van der Waals surface area (Å²) in [6, 6.07) is 13.7. The molecule has 0 unspecified atom stereocenters. The van der Waals surface area contributed by atoms with Crippen molar-refractivity contribution in [1.29, 1.82) is 0 Å². The summed E-state index contributed by atoms with van der Waals surface area (Å²) in [5.74, 6) is -1.96. The number of rotatable bonds is 4. The average molecular weight is 413 g/mol. The number of thiophene rings is 1. The summed E-state index contributed by atoms with van der Waals surface area (Å²) in [6.07, 6.45) is 2.23. The maximum Gasteiger partial charge on any atom is 0.346 e. The molecule has 1 aliphatic rings. The van der Waals surface area contributed by atoms with Gasteiger partial charge in [-0.15, -0.1) is 23.1 Å². The molecule has 2 heterocycles. The fourth-order valence-corrected chi connectivity index (χ4v) is 5.12. The van der Waals surface area contributed by atoms with Gasteiger partial charge < -0.3 is 10.4 Å². The van der Waals surface area contributed by atoms with Crippen LogP contribution in [0.4, 0.5) is 10.1 Å². The largest absolute Gasteiger partial charge is 0.477 e. The summed E-state index contributed by atoms with van der Waals surface area (Å²) in [5.41, 5.74) is 2.24. The second-order valence-corrected chi connectivity index (χ2v) is 8.37. The Morgan fingerprint density at radius 3 is 2.64 bits per heavy atom. The van der Waals surface area contributed by atoms with Crippen molar-refractivity contribution in [3.63, 3.8) is 0 Å². The van der Waals surface area contributed by atoms with E-state index in [1.807, 2.05) is 30.5 Å². The highest BCUT2D eigenvalue weighted by molar-refractivity contribution is 7.98. The third-order valence-electron chi connectivity index (χ3n) is 4.73. The Hall–Kier alpha value is -2.64. The van der Waals surface area contributed by atoms with Crippen LogP contribution in [0.1, 0.15) is 32.5 Å². The van der Waals surface area contributed by atoms with Gasteiger partial charge in [0.05, 0.1) is 5.69 Å². The van der Waals surface area contributed by atoms with Crippen molar-refractivity contribution in [2.45, 2.75) is 17.2 Å². The Kier molecular flexibility index (Phi) is 4.95. The van der Waals surface area contributed by atoms with Crippen molar-refractivity contribution in [2.75, 3.05) is 11.6 Å². The molecule has 1 aliphatic heterocycles. The molecule has 3 aromatic rings. The van der Waals surface area contributed by atoms with E-state index in [-0.39, 0.29) is 23.1 Å². The molecule has 7 heteroatoms. The molecular formula is C21H16FNO3S2. The minimum absolute atomic E-state index is 0.100. The zero-order valence-electron chi connectivity index (χ0n) is 14.9. The molecule has 0 fully saturated rings. The molecule has 1 aromatic heterocycles. The molecule has 0 saturated carbocycles. The van der Waals surface area contributed by atoms with Gasteiger partial charge in [-0.2, -0.15) is 0 Å². The molecule has 2 aromatic carbocycles. The van der Waals surface area contributed by atoms with Gasteiger partial charge in [-0.3, -0.25) is 4.79 Å². The second kappa shape index (κ2) is 7.41. The van der Waals surface area contributed by atoms with E-state index in [9.17, 15) is 19.1 Å². The number of thioether (sulfide) groups is 1. The summed E-state index contributed by atoms with van der Waals surface area (Å²) in [7, 11) is 0. The minimum Gasteiger partial charge on any atom is -0.477 e. The first kappa shape index (κ1) is 18.7. The van der Waals surface area contributed by atoms with Crippen LogP contribution in [0.2, 0.25) is 0 Å². The van der Waals surface area contributed by atoms with Crippen molar-refractivity contribution < 1.29 is 19.1 Å². The molecule has 0 saturated heterocycles. The normalized spacial score (nSPS) is 15.8. The lowest BCUT2D eigenvalue weighted by molar-refractivity contribution is -0.116. The first-order valence-corrected chi connectivity index (χ1v) is 10.6. The van der Waals surface area contributed by atoms with Crippen LogP contribution in [0.3, 0.4) is 0 Å². The summed E-state index contributed by atoms with van der Waals surface area (Å²) < 4.78 is 13.8. The number of halogens is 1. The number of hydrogen-bond acceptors (Lipinski definition) is 4. The van der Waals surface area contributed by atoms with E-state index in [0.29, 0.717) is 16.8 Å². The number of carbonyl (C=O) groups is 2. The number of carboxylic acid groups (broad SMARTS) is 1. The Balaban J connectivity index is 1.90. The quantitative estimate of drug-likeness (QED) is 0.558. The average Bonchev–Trinajstić information content (AvgIpc) is 3.07. The van der Waals surface area contributed by atoms with Gasteiger partial charge >= 0.3 is 5.97 Å². The lowest BCUT2D eigenvalue weighted by atomic mass is 9.88. The molecule has 4 nitrogen and oxygen atoms in total. The number of carbonyl (C=O) groups excluding carboxylic acids is 1. The van der Waals surface area contributed by atoms with Crippen molar-refractivity contribution in [2.24, 2.45) is 0 Å². The van der Waals surface area contributed by atoms with E-state index in [1.54, 1.807) is 17.8 Å². The number of amides is 1. The predicted molar refractivity (Wildman–Crippen MR) is 110 cm³/mol. The van der Waals surface area contributed by atoms with E-state index in [1.165, 1.54) is 18.2 Å². The van der Waals surface area contributed by atoms with Gasteiger partial charge in [0.25, 0.3) is 0 Å². The molecule has 142 valence electrons. The third-order valence-corrected chi connectivity index (χ3v) is 6.77. The van der Waals surface area contributed by atoms with Gasteiger partial charge in [0.15, 0.2) is 0 Å². The first-order valence-electron chi connectivity index (χ1n) is 8.57. The SMILES string of the molecule is CSc1ccc([C@H]2CC(=O)Nc3c2sc(C(=O)O)c3-c2cccc(F)c2)cc1. The lowest BCUT2D eigenvalue weighted by Gasteiger charge is -2.24. The zero-order chi connectivity index (χ0) is 19.8. The Labute approximate surface area is 169 Å². The summed E-state index contributed by atoms with van der Waals surface area (Å²) >= 11 is 2.77. The van der Waals surface area contributed by atoms with Crippen molar-refractivity contribution in [3.8, 4) is 11.1 Å². The molecule has 0 spiro atoms. The highest BCUT2D eigenvalue weighted by atomic mass is 32.2. The van der Waals surface area contributed by atoms with Crippen LogP contribution in [0.15, 0.2) is 53.4 Å². The van der Waals surface area contributed by atoms with Crippen LogP contribution in [-0.4, -0.2) is 23.2 Å². The van der Waals surface area contributed by atoms with Crippen LogP contribution in [0.5, 0.6) is 0 Å². The van der Waals surface area contributed by atoms with Gasteiger partial charge in [-0.1, -0.05) is 24.3 Å². The number of fused-ring (bicyclic) bond motifs is 1. The molecule has 0 aliphatic carbocycles. The zero-order valence-corrected chi connectivity index (χ0v) is 16.5. The van der Waals surface area contributed by atoms with Gasteiger partial charge in [-0.25, -0.2) is 9.18 Å². The van der Waals surface area contributed by atoms with Crippen LogP contribution in [0, 0.1) is 5.82 Å². The van der Waals surface area contributed by atoms with E-state index in [2.05, 4.69) is 5.32 Å². The second-order valence-electron chi connectivity index (χ2n) is 6.44. The summed E-state index contributed by atoms with van der Waals surface area (Å²) in [6.45, 7) is 0. The molecule has 4 rings (SSSR count). The van der Waals surface area contributed by atoms with E-state index < -0.39 is 11.8 Å². The Morgan fingerprint density at radius 2 is 2.00 bits per heavy atom. The number of anilines is 1. The number of nitrogens with one attached hydrogen (secondary N) is 1. The highest BCUT2D eigenvalue weighted by Gasteiger charge is 2.34. The molecule has 1 amide bonds. The van der Waals surface area contributed by atoms with Crippen molar-refractivity contribution in [3.05, 3.63) is 69.7 Å². The smallest absolute Gasteiger partial charge is 0.346 e. The molecule has 0 bridgehead atoms. The fraction of sp³-hybridized carbons (Fsp3) is 0.143. The van der Waals surface area contributed by atoms with Gasteiger partial charge in [0, 0.05) is 27.7 Å². The Bertz CT molecular complexity index is 1080. The van der Waals surface area contributed by atoms with Crippen LogP contribution in [-0.2, 0) is 4.79 Å². The van der Waals surface area contributed by atoms with Crippen LogP contribution in [0.25, 0.3) is 11.1 Å². The molecule has 28 heavy (non-hydrogen) atoms. The number of hydrogen-bond donors (Lipinski definition) is 2. The Morgan fingerprint density at radius 1 is 1.25 bits per heavy atom. The third kappa shape index (κ3) is 3.31. The molecule has 1 atom stereocenters. The van der Waals surface area contributed by atoms with E-state index >= 15 is 0 Å². The standard InChI is InChI=1S/C21H16FNO3S2/c1-27-14-7-5-11(6-8-14)15-10-16(24)23-18-17(12-3-2-4-13(22)9-12)20(21(25)26)28-19(15)18/h2-9,15H,10H2,1H3,(H,23,24)(H,25,26)/t15-/m1/s1. The number of aromatic carboxylic acids is 1. The molecule has 2 N–H and O–H groups in total. The fourth-order valence-electron chi connectivity index (χ4n) is 3.46. The van der Waals surface area contributed by atoms with Gasteiger partial charge in [-0.05, 0) is 41.6 Å². The van der Waals surface area contributed by atoms with E-state index in [4.69, 9.17) is 0 Å². The summed E-state index contributed by atoms with van der Waals surface area (Å²) in [4.78, 5) is 26.3. The van der Waals surface area contributed by atoms with Gasteiger partial charge in [0.1, 0.15) is 10.7 Å². The van der Waals surface area contributed by atoms with Crippen molar-refractivity contribution in [1.82, 2.24) is 0 Å². The lowest BCUT2D eigenvalue weighted by Crippen LogP contribution is -2.22.